The predicted octanol–water partition coefficient (Wildman–Crippen LogP) is -6.04. The number of carboxylic acids is 5. The molecule has 0 bridgehead atoms. The van der Waals surface area contributed by atoms with Crippen molar-refractivity contribution in [3.05, 3.63) is 54.1 Å². The first-order chi connectivity index (χ1) is 20.7. The van der Waals surface area contributed by atoms with E-state index in [0.29, 0.717) is 5.56 Å². The summed E-state index contributed by atoms with van der Waals surface area (Å²) >= 11 is 0. The minimum absolute atomic E-state index is 0. The first-order valence-corrected chi connectivity index (χ1v) is 13.3. The van der Waals surface area contributed by atoms with Gasteiger partial charge in [-0.25, -0.2) is 0 Å². The average molecular weight is 770 g/mol. The maximum absolute atomic E-state index is 12.5. The summed E-state index contributed by atoms with van der Waals surface area (Å²) in [6, 6.07) is 12.7. The molecule has 0 aliphatic rings. The number of nitrogens with zero attached hydrogens (tertiary/aromatic N) is 3. The minimum atomic E-state index is -1.66. The van der Waals surface area contributed by atoms with Crippen LogP contribution in [-0.2, 0) is 24.0 Å². The number of aliphatic carboxylic acids is 5. The Morgan fingerprint density at radius 3 is 1.64 bits per heavy atom. The number of hydrogen-bond acceptors (Lipinski definition) is 15. The topological polar surface area (TPSA) is 237 Å². The monoisotopic (exact) mass is 770 g/mol. The molecule has 243 valence electrons. The van der Waals surface area contributed by atoms with E-state index in [0.717, 1.165) is 20.3 Å². The van der Waals surface area contributed by atoms with Gasteiger partial charge in [-0.15, -0.1) is 0 Å². The molecule has 0 fully saturated rings. The number of ether oxygens (including phenoxy) is 1. The Labute approximate surface area is 290 Å². The summed E-state index contributed by atoms with van der Waals surface area (Å²) in [5.74, 6) is -8.38. The van der Waals surface area contributed by atoms with Crippen LogP contribution in [0, 0.1) is 39.9 Å². The number of rotatable bonds is 21. The van der Waals surface area contributed by atoms with Crippen molar-refractivity contribution in [1.82, 2.24) is 14.7 Å². The van der Waals surface area contributed by atoms with Crippen LogP contribution in [0.25, 0.3) is 11.1 Å². The molecule has 0 saturated carbocycles. The number of benzene rings is 2. The molecule has 0 aliphatic heterocycles. The molecule has 0 N–H and O–H groups in total. The van der Waals surface area contributed by atoms with Gasteiger partial charge in [-0.05, 0) is 30.2 Å². The molecule has 0 heterocycles. The Morgan fingerprint density at radius 2 is 1.16 bits per heavy atom. The predicted molar refractivity (Wildman–Crippen MR) is 141 cm³/mol. The van der Waals surface area contributed by atoms with E-state index in [1.165, 1.54) is 13.0 Å². The van der Waals surface area contributed by atoms with Crippen LogP contribution < -0.4 is 30.3 Å². The Kier molecular flexibility index (Phi) is 17.3. The fourth-order valence-electron chi connectivity index (χ4n) is 4.42. The molecule has 2 aromatic rings. The largest absolute Gasteiger partial charge is 3.00 e. The Hall–Kier alpha value is -3.54. The summed E-state index contributed by atoms with van der Waals surface area (Å²) in [4.78, 5) is 71.9. The van der Waals surface area contributed by atoms with Crippen LogP contribution in [0.5, 0.6) is 5.75 Å². The van der Waals surface area contributed by atoms with Crippen molar-refractivity contribution in [1.29, 1.82) is 0 Å². The maximum atomic E-state index is 12.5. The van der Waals surface area contributed by atoms with Crippen molar-refractivity contribution in [2.45, 2.75) is 13.0 Å². The number of carbonyl (C=O) groups is 6. The van der Waals surface area contributed by atoms with Crippen molar-refractivity contribution >= 4 is 35.6 Å². The summed E-state index contributed by atoms with van der Waals surface area (Å²) in [6.45, 7) is -4.35. The summed E-state index contributed by atoms with van der Waals surface area (Å²) < 4.78 is 5.87. The Bertz CT molecular complexity index is 1310. The van der Waals surface area contributed by atoms with Gasteiger partial charge in [-0.1, -0.05) is 36.4 Å². The molecule has 2 rings (SSSR count). The third kappa shape index (κ3) is 14.9. The average Bonchev–Trinajstić information content (AvgIpc) is 2.92. The zero-order chi connectivity index (χ0) is 32.8. The maximum Gasteiger partial charge on any atom is 3.00 e. The summed E-state index contributed by atoms with van der Waals surface area (Å²) in [5.41, 5.74) is 1.69. The van der Waals surface area contributed by atoms with Crippen molar-refractivity contribution < 1.29 is 99.0 Å². The Balaban J connectivity index is 0.0000101. The second-order valence-corrected chi connectivity index (χ2v) is 9.81. The number of ketones is 1. The van der Waals surface area contributed by atoms with E-state index in [4.69, 9.17) is 4.74 Å². The molecule has 15 nitrogen and oxygen atoms in total. The van der Waals surface area contributed by atoms with E-state index >= 15 is 0 Å². The summed E-state index contributed by atoms with van der Waals surface area (Å²) in [5, 5.41) is 56.5. The molecule has 0 amide bonds. The van der Waals surface area contributed by atoms with E-state index in [9.17, 15) is 54.3 Å². The van der Waals surface area contributed by atoms with Crippen molar-refractivity contribution in [2.75, 3.05) is 59.0 Å². The van der Waals surface area contributed by atoms with Gasteiger partial charge in [-0.3, -0.25) is 19.5 Å². The molecule has 2 aromatic carbocycles. The third-order valence-electron chi connectivity index (χ3n) is 6.34. The van der Waals surface area contributed by atoms with Crippen LogP contribution >= 0.6 is 0 Å². The van der Waals surface area contributed by atoms with Crippen molar-refractivity contribution in [3.63, 3.8) is 0 Å². The smallest absolute Gasteiger partial charge is 0.549 e. The first-order valence-electron chi connectivity index (χ1n) is 13.3. The molecule has 0 unspecified atom stereocenters. The van der Waals surface area contributed by atoms with Crippen LogP contribution in [0.4, 0.5) is 0 Å². The van der Waals surface area contributed by atoms with Gasteiger partial charge in [0.15, 0.2) is 5.78 Å². The quantitative estimate of drug-likeness (QED) is 0.108. The van der Waals surface area contributed by atoms with E-state index < -0.39 is 75.2 Å². The second-order valence-electron chi connectivity index (χ2n) is 9.81. The molecule has 1 radical (unpaired) electrons. The zero-order valence-electron chi connectivity index (χ0n) is 24.2. The van der Waals surface area contributed by atoms with Crippen LogP contribution in [0.3, 0.4) is 0 Å². The van der Waals surface area contributed by atoms with E-state index in [1.807, 2.05) is 30.3 Å². The van der Waals surface area contributed by atoms with E-state index in [2.05, 4.69) is 0 Å². The standard InChI is InChI=1S/C29H35N3O12.Gd/c1-19(33)23-11-21(20-5-3-2-4-6-20)7-8-24(23)44-18-22(32(16-28(40)41)17-29(42)43)12-30(13-25(34)35)9-10-31(14-26(36)37)15-27(38)39;/h2-8,11,22H,9-10,12-18H2,1H3,(H,34,35)(H,36,37)(H,38,39)(H,40,41)(H,42,43);/q;+3/p-5/t22-;/m1./s1. The van der Waals surface area contributed by atoms with Crippen LogP contribution in [-0.4, -0.2) is 115 Å². The number of Topliss-reactive ketones (excluding diaryl/α,β-unsaturated/α-hetero) is 1. The molecule has 0 spiro atoms. The number of hydrogen-bond donors (Lipinski definition) is 0. The van der Waals surface area contributed by atoms with Gasteiger partial charge in [0.2, 0.25) is 0 Å². The first kappa shape index (κ1) is 39.5. The van der Waals surface area contributed by atoms with Crippen LogP contribution in [0.15, 0.2) is 48.5 Å². The van der Waals surface area contributed by atoms with Gasteiger partial charge < -0.3 is 54.2 Å². The SMILES string of the molecule is CC(=O)c1cc(-c2ccccc2)ccc1OC[C@@H](CN(CCN(CC(=O)[O-])CC(=O)[O-])CC(=O)[O-])N(CC(=O)[O-])CC(=O)[O-].[Gd+3]. The van der Waals surface area contributed by atoms with Gasteiger partial charge in [0.1, 0.15) is 12.4 Å². The Morgan fingerprint density at radius 1 is 0.667 bits per heavy atom. The summed E-state index contributed by atoms with van der Waals surface area (Å²) in [6.07, 6.45) is 0. The van der Waals surface area contributed by atoms with Gasteiger partial charge >= 0.3 is 39.9 Å². The molecule has 0 saturated heterocycles. The molecule has 0 aliphatic carbocycles. The third-order valence-corrected chi connectivity index (χ3v) is 6.34. The fourth-order valence-corrected chi connectivity index (χ4v) is 4.42. The van der Waals surface area contributed by atoms with Crippen LogP contribution in [0.2, 0.25) is 0 Å². The number of carbonyl (C=O) groups excluding carboxylic acids is 6. The molecule has 16 heteroatoms. The zero-order valence-corrected chi connectivity index (χ0v) is 26.4. The second kappa shape index (κ2) is 19.8. The van der Waals surface area contributed by atoms with Crippen LogP contribution in [0.1, 0.15) is 17.3 Å². The van der Waals surface area contributed by atoms with Crippen molar-refractivity contribution in [3.8, 4) is 16.9 Å². The van der Waals surface area contributed by atoms with E-state index in [-0.39, 0.29) is 76.7 Å². The van der Waals surface area contributed by atoms with Gasteiger partial charge in [0, 0.05) is 52.4 Å². The summed E-state index contributed by atoms with van der Waals surface area (Å²) in [7, 11) is 0. The van der Waals surface area contributed by atoms with Crippen molar-refractivity contribution in [2.24, 2.45) is 0 Å². The normalized spacial score (nSPS) is 11.6. The number of carboxylic acid groups (broad SMARTS) is 5. The van der Waals surface area contributed by atoms with Gasteiger partial charge in [-0.2, -0.15) is 0 Å². The molecule has 1 atom stereocenters. The molecular formula is C29H30GdN3O12-2. The van der Waals surface area contributed by atoms with Gasteiger partial charge in [0.05, 0.1) is 41.5 Å². The van der Waals surface area contributed by atoms with Gasteiger partial charge in [0.25, 0.3) is 0 Å². The molecular weight excluding hydrogens is 740 g/mol. The minimum Gasteiger partial charge on any atom is -0.549 e. The molecule has 0 aromatic heterocycles. The fraction of sp³-hybridized carbons (Fsp3) is 0.379. The van der Waals surface area contributed by atoms with E-state index in [1.54, 1.807) is 12.1 Å². The molecule has 45 heavy (non-hydrogen) atoms.